The van der Waals surface area contributed by atoms with Gasteiger partial charge in [0.2, 0.25) is 0 Å². The van der Waals surface area contributed by atoms with Gasteiger partial charge in [0, 0.05) is 6.54 Å². The third-order valence-electron chi connectivity index (χ3n) is 3.26. The van der Waals surface area contributed by atoms with Crippen molar-refractivity contribution in [2.75, 3.05) is 19.6 Å². The van der Waals surface area contributed by atoms with E-state index in [4.69, 9.17) is 4.74 Å². The molecule has 1 fully saturated rings. The Balaban J connectivity index is 2.22. The molecule has 0 radical (unpaired) electrons. The molecule has 0 aliphatic carbocycles. The Morgan fingerprint density at radius 1 is 1.24 bits per heavy atom. The van der Waals surface area contributed by atoms with Gasteiger partial charge in [-0.2, -0.15) is 0 Å². The van der Waals surface area contributed by atoms with Crippen molar-refractivity contribution in [1.29, 1.82) is 0 Å². The van der Waals surface area contributed by atoms with Gasteiger partial charge >= 0.3 is 5.97 Å². The largest absolute Gasteiger partial charge is 0.460 e. The van der Waals surface area contributed by atoms with Gasteiger partial charge in [0.15, 0.2) is 0 Å². The van der Waals surface area contributed by atoms with E-state index in [-0.39, 0.29) is 11.6 Å². The van der Waals surface area contributed by atoms with Gasteiger partial charge in [-0.25, -0.2) is 0 Å². The fourth-order valence-electron chi connectivity index (χ4n) is 2.02. The summed E-state index contributed by atoms with van der Waals surface area (Å²) >= 11 is 0. The molecule has 17 heavy (non-hydrogen) atoms. The minimum Gasteiger partial charge on any atom is -0.460 e. The predicted octanol–water partition coefficient (Wildman–Crippen LogP) is 2.84. The highest BCUT2D eigenvalue weighted by Gasteiger charge is 2.25. The molecule has 3 nitrogen and oxygen atoms in total. The van der Waals surface area contributed by atoms with Crippen LogP contribution in [0.5, 0.6) is 0 Å². The molecule has 0 N–H and O–H groups in total. The van der Waals surface area contributed by atoms with E-state index in [0.717, 1.165) is 19.6 Å². The first-order valence-electron chi connectivity index (χ1n) is 6.62. The molecular weight excluding hydrogens is 214 g/mol. The molecule has 0 bridgehead atoms. The zero-order chi connectivity index (χ0) is 13.1. The lowest BCUT2D eigenvalue weighted by Gasteiger charge is -2.36. The van der Waals surface area contributed by atoms with Gasteiger partial charge < -0.3 is 9.64 Å². The number of likely N-dealkylation sites (tertiary alicyclic amines) is 1. The van der Waals surface area contributed by atoms with Crippen molar-refractivity contribution >= 4 is 5.97 Å². The number of carbonyl (C=O) groups is 1. The van der Waals surface area contributed by atoms with E-state index < -0.39 is 0 Å². The molecule has 0 aromatic carbocycles. The summed E-state index contributed by atoms with van der Waals surface area (Å²) in [6, 6.07) is 0. The Morgan fingerprint density at radius 2 is 1.76 bits per heavy atom. The van der Waals surface area contributed by atoms with E-state index in [1.165, 1.54) is 12.8 Å². The molecule has 0 aromatic heterocycles. The zero-order valence-electron chi connectivity index (χ0n) is 12.0. The highest BCUT2D eigenvalue weighted by Crippen LogP contribution is 2.29. The summed E-state index contributed by atoms with van der Waals surface area (Å²) in [5.41, 5.74) is 0.114. The van der Waals surface area contributed by atoms with Crippen molar-refractivity contribution in [3.8, 4) is 0 Å². The van der Waals surface area contributed by atoms with E-state index in [2.05, 4.69) is 18.7 Å². The first kappa shape index (κ1) is 14.5. The summed E-state index contributed by atoms with van der Waals surface area (Å²) in [7, 11) is 0. The number of hydrogen-bond donors (Lipinski definition) is 0. The summed E-state index contributed by atoms with van der Waals surface area (Å²) in [5.74, 6) is -0.0812. The summed E-state index contributed by atoms with van der Waals surface area (Å²) in [6.45, 7) is 13.4. The summed E-state index contributed by atoms with van der Waals surface area (Å²) in [6.07, 6.45) is 2.96. The normalized spacial score (nSPS) is 21.2. The number of esters is 1. The highest BCUT2D eigenvalue weighted by molar-refractivity contribution is 5.70. The van der Waals surface area contributed by atoms with Crippen LogP contribution in [0.1, 0.15) is 53.9 Å². The summed E-state index contributed by atoms with van der Waals surface area (Å²) in [4.78, 5) is 14.0. The van der Waals surface area contributed by atoms with Crippen LogP contribution < -0.4 is 0 Å². The third kappa shape index (κ3) is 6.06. The lowest BCUT2D eigenvalue weighted by molar-refractivity contribution is -0.155. The molecule has 3 heteroatoms. The van der Waals surface area contributed by atoms with Gasteiger partial charge in [-0.15, -0.1) is 0 Å². The zero-order valence-corrected chi connectivity index (χ0v) is 12.0. The van der Waals surface area contributed by atoms with Crippen LogP contribution in [0, 0.1) is 5.41 Å². The van der Waals surface area contributed by atoms with E-state index in [1.54, 1.807) is 0 Å². The molecule has 1 heterocycles. The maximum atomic E-state index is 11.6. The maximum absolute atomic E-state index is 11.6. The average Bonchev–Trinajstić information content (AvgIpc) is 2.13. The van der Waals surface area contributed by atoms with Gasteiger partial charge in [-0.3, -0.25) is 4.79 Å². The molecule has 0 amide bonds. The van der Waals surface area contributed by atoms with Gasteiger partial charge in [0.1, 0.15) is 5.60 Å². The van der Waals surface area contributed by atoms with E-state index in [0.29, 0.717) is 11.8 Å². The number of rotatable bonds is 3. The van der Waals surface area contributed by atoms with Crippen molar-refractivity contribution in [2.24, 2.45) is 5.41 Å². The molecule has 0 spiro atoms. The number of piperidine rings is 1. The SMILES string of the molecule is CC1(C)CCN(CCC(=O)OC(C)(C)C)CC1. The Kier molecular flexibility index (Phi) is 4.59. The average molecular weight is 241 g/mol. The molecule has 0 aromatic rings. The number of hydrogen-bond acceptors (Lipinski definition) is 3. The van der Waals surface area contributed by atoms with Crippen LogP contribution in [0.2, 0.25) is 0 Å². The molecule has 1 aliphatic rings. The molecular formula is C14H27NO2. The lowest BCUT2D eigenvalue weighted by Crippen LogP contribution is -2.38. The minimum atomic E-state index is -0.360. The highest BCUT2D eigenvalue weighted by atomic mass is 16.6. The van der Waals surface area contributed by atoms with Gasteiger partial charge in [-0.05, 0) is 52.1 Å². The predicted molar refractivity (Wildman–Crippen MR) is 69.9 cm³/mol. The lowest BCUT2D eigenvalue weighted by atomic mass is 9.83. The number of nitrogens with zero attached hydrogens (tertiary/aromatic N) is 1. The Morgan fingerprint density at radius 3 is 2.24 bits per heavy atom. The summed E-state index contributed by atoms with van der Waals surface area (Å²) < 4.78 is 5.30. The maximum Gasteiger partial charge on any atom is 0.307 e. The molecule has 1 rings (SSSR count). The van der Waals surface area contributed by atoms with Crippen LogP contribution in [-0.2, 0) is 9.53 Å². The molecule has 0 saturated carbocycles. The fraction of sp³-hybridized carbons (Fsp3) is 0.929. The van der Waals surface area contributed by atoms with Crippen LogP contribution in [-0.4, -0.2) is 36.1 Å². The van der Waals surface area contributed by atoms with Crippen LogP contribution in [0.25, 0.3) is 0 Å². The van der Waals surface area contributed by atoms with Crippen molar-refractivity contribution in [2.45, 2.75) is 59.5 Å². The topological polar surface area (TPSA) is 29.5 Å². The molecule has 1 aliphatic heterocycles. The monoisotopic (exact) mass is 241 g/mol. The van der Waals surface area contributed by atoms with E-state index in [1.807, 2.05) is 20.8 Å². The Labute approximate surface area is 106 Å². The summed E-state index contributed by atoms with van der Waals surface area (Å²) in [5, 5.41) is 0. The third-order valence-corrected chi connectivity index (χ3v) is 3.26. The number of carbonyl (C=O) groups excluding carboxylic acids is 1. The van der Waals surface area contributed by atoms with E-state index in [9.17, 15) is 4.79 Å². The molecule has 1 saturated heterocycles. The molecule has 100 valence electrons. The van der Waals surface area contributed by atoms with Crippen molar-refractivity contribution in [1.82, 2.24) is 4.90 Å². The van der Waals surface area contributed by atoms with Gasteiger partial charge in [0.25, 0.3) is 0 Å². The second-order valence-electron chi connectivity index (χ2n) is 6.84. The van der Waals surface area contributed by atoms with Crippen molar-refractivity contribution < 1.29 is 9.53 Å². The van der Waals surface area contributed by atoms with Crippen LogP contribution in [0.15, 0.2) is 0 Å². The van der Waals surface area contributed by atoms with Crippen LogP contribution >= 0.6 is 0 Å². The van der Waals surface area contributed by atoms with Gasteiger partial charge in [0.05, 0.1) is 6.42 Å². The van der Waals surface area contributed by atoms with Crippen molar-refractivity contribution in [3.63, 3.8) is 0 Å². The van der Waals surface area contributed by atoms with E-state index >= 15 is 0 Å². The van der Waals surface area contributed by atoms with Crippen molar-refractivity contribution in [3.05, 3.63) is 0 Å². The quantitative estimate of drug-likeness (QED) is 0.712. The smallest absolute Gasteiger partial charge is 0.307 e. The van der Waals surface area contributed by atoms with Crippen LogP contribution in [0.4, 0.5) is 0 Å². The Hall–Kier alpha value is -0.570. The first-order valence-corrected chi connectivity index (χ1v) is 6.62. The Bertz CT molecular complexity index is 256. The first-order chi connectivity index (χ1) is 7.68. The number of ether oxygens (including phenoxy) is 1. The molecule has 0 unspecified atom stereocenters. The fourth-order valence-corrected chi connectivity index (χ4v) is 2.02. The minimum absolute atomic E-state index is 0.0812. The second kappa shape index (κ2) is 5.38. The van der Waals surface area contributed by atoms with Crippen LogP contribution in [0.3, 0.4) is 0 Å². The second-order valence-corrected chi connectivity index (χ2v) is 6.84. The van der Waals surface area contributed by atoms with Gasteiger partial charge in [-0.1, -0.05) is 13.8 Å². The molecule has 0 atom stereocenters. The standard InChI is InChI=1S/C14H27NO2/c1-13(2,3)17-12(16)6-9-15-10-7-14(4,5)8-11-15/h6-11H2,1-5H3.